The lowest BCUT2D eigenvalue weighted by Crippen LogP contribution is -1.99. The van der Waals surface area contributed by atoms with E-state index < -0.39 is 0 Å². The first-order chi connectivity index (χ1) is 14.2. The van der Waals surface area contributed by atoms with Crippen LogP contribution in [0.3, 0.4) is 0 Å². The molecule has 2 heterocycles. The number of rotatable bonds is 4. The number of nitrogens with zero attached hydrogens (tertiary/aromatic N) is 4. The number of nitrogens with one attached hydrogen (secondary N) is 1. The summed E-state index contributed by atoms with van der Waals surface area (Å²) < 4.78 is 8.01. The highest BCUT2D eigenvalue weighted by Crippen LogP contribution is 2.32. The number of imidazole rings is 1. The van der Waals surface area contributed by atoms with Crippen molar-refractivity contribution in [2.24, 2.45) is 7.05 Å². The molecular formula is C22H18N6O. The van der Waals surface area contributed by atoms with Crippen LogP contribution in [0.2, 0.25) is 0 Å². The molecule has 0 spiro atoms. The van der Waals surface area contributed by atoms with Gasteiger partial charge in [0, 0.05) is 41.5 Å². The number of ether oxygens (including phenoxy) is 1. The summed E-state index contributed by atoms with van der Waals surface area (Å²) >= 11 is 0. The van der Waals surface area contributed by atoms with E-state index in [2.05, 4.69) is 20.3 Å². The fourth-order valence-electron chi connectivity index (χ4n) is 3.29. The first kappa shape index (κ1) is 17.0. The average molecular weight is 382 g/mol. The molecule has 0 aliphatic heterocycles. The van der Waals surface area contributed by atoms with E-state index in [0.29, 0.717) is 23.3 Å². The Kier molecular flexibility index (Phi) is 3.98. The summed E-state index contributed by atoms with van der Waals surface area (Å²) in [4.78, 5) is 13.1. The molecule has 0 unspecified atom stereocenters. The third kappa shape index (κ3) is 3.19. The van der Waals surface area contributed by atoms with Crippen LogP contribution in [0.5, 0.6) is 11.6 Å². The van der Waals surface area contributed by atoms with Crippen LogP contribution >= 0.6 is 0 Å². The number of nitrogen functional groups attached to an aromatic ring is 1. The van der Waals surface area contributed by atoms with Crippen LogP contribution in [-0.4, -0.2) is 19.5 Å². The minimum Gasteiger partial charge on any atom is -0.438 e. The average Bonchev–Trinajstić information content (AvgIpc) is 3.11. The monoisotopic (exact) mass is 382 g/mol. The smallest absolute Gasteiger partial charge is 0.230 e. The number of anilines is 3. The van der Waals surface area contributed by atoms with Gasteiger partial charge >= 0.3 is 0 Å². The number of fused-ring (bicyclic) bond motifs is 2. The molecule has 3 N–H and O–H groups in total. The van der Waals surface area contributed by atoms with E-state index in [-0.39, 0.29) is 0 Å². The van der Waals surface area contributed by atoms with Crippen LogP contribution < -0.4 is 15.8 Å². The number of aromatic nitrogens is 4. The molecule has 0 saturated carbocycles. The summed E-state index contributed by atoms with van der Waals surface area (Å²) in [5.41, 5.74) is 9.62. The summed E-state index contributed by atoms with van der Waals surface area (Å²) in [6.07, 6.45) is 3.45. The fraction of sp³-hybridized carbons (Fsp3) is 0.0455. The molecule has 5 aromatic rings. The Labute approximate surface area is 166 Å². The molecular weight excluding hydrogens is 364 g/mol. The maximum absolute atomic E-state index is 6.07. The van der Waals surface area contributed by atoms with Gasteiger partial charge in [0.2, 0.25) is 11.8 Å². The minimum absolute atomic E-state index is 0.444. The van der Waals surface area contributed by atoms with Gasteiger partial charge in [-0.1, -0.05) is 24.3 Å². The Morgan fingerprint density at radius 1 is 0.966 bits per heavy atom. The maximum Gasteiger partial charge on any atom is 0.230 e. The Hall–Kier alpha value is -4.13. The highest BCUT2D eigenvalue weighted by molar-refractivity contribution is 5.97. The highest BCUT2D eigenvalue weighted by atomic mass is 16.5. The first-order valence-electron chi connectivity index (χ1n) is 9.13. The molecule has 142 valence electrons. The SMILES string of the molecule is Cn1cnc2ccc(Nc3nccc(Oc4ccc(N)c5ccccc45)n3)cc21. The van der Waals surface area contributed by atoms with Crippen molar-refractivity contribution in [3.63, 3.8) is 0 Å². The molecule has 7 heteroatoms. The molecule has 0 amide bonds. The van der Waals surface area contributed by atoms with Crippen molar-refractivity contribution in [2.75, 3.05) is 11.1 Å². The molecule has 29 heavy (non-hydrogen) atoms. The Morgan fingerprint density at radius 2 is 1.83 bits per heavy atom. The second kappa shape index (κ2) is 6.79. The highest BCUT2D eigenvalue weighted by Gasteiger charge is 2.08. The number of nitrogens with two attached hydrogens (primary N) is 1. The van der Waals surface area contributed by atoms with E-state index in [9.17, 15) is 0 Å². The Balaban J connectivity index is 1.44. The van der Waals surface area contributed by atoms with Gasteiger partial charge in [-0.15, -0.1) is 0 Å². The lowest BCUT2D eigenvalue weighted by Gasteiger charge is -2.11. The lowest BCUT2D eigenvalue weighted by molar-refractivity contribution is 0.468. The van der Waals surface area contributed by atoms with Crippen molar-refractivity contribution < 1.29 is 4.74 Å². The second-order valence-electron chi connectivity index (χ2n) is 6.70. The molecule has 0 fully saturated rings. The zero-order valence-electron chi connectivity index (χ0n) is 15.7. The normalized spacial score (nSPS) is 11.1. The quantitative estimate of drug-likeness (QED) is 0.440. The molecule has 0 aliphatic carbocycles. The third-order valence-electron chi connectivity index (χ3n) is 4.74. The summed E-state index contributed by atoms with van der Waals surface area (Å²) in [6.45, 7) is 0. The summed E-state index contributed by atoms with van der Waals surface area (Å²) in [5.74, 6) is 1.58. The van der Waals surface area contributed by atoms with Gasteiger partial charge in [0.1, 0.15) is 5.75 Å². The lowest BCUT2D eigenvalue weighted by atomic mass is 10.1. The van der Waals surface area contributed by atoms with Gasteiger partial charge in [-0.25, -0.2) is 9.97 Å². The van der Waals surface area contributed by atoms with Crippen LogP contribution in [0, 0.1) is 0 Å². The molecule has 0 radical (unpaired) electrons. The van der Waals surface area contributed by atoms with Gasteiger partial charge < -0.3 is 20.4 Å². The molecule has 7 nitrogen and oxygen atoms in total. The Bertz CT molecular complexity index is 1340. The number of hydrogen-bond donors (Lipinski definition) is 2. The van der Waals surface area contributed by atoms with Crippen LogP contribution in [0.25, 0.3) is 21.8 Å². The maximum atomic E-state index is 6.07. The molecule has 0 bridgehead atoms. The molecule has 0 saturated heterocycles. The molecule has 3 aromatic carbocycles. The minimum atomic E-state index is 0.444. The molecule has 0 aliphatic rings. The van der Waals surface area contributed by atoms with Crippen molar-refractivity contribution in [3.8, 4) is 11.6 Å². The third-order valence-corrected chi connectivity index (χ3v) is 4.74. The summed E-state index contributed by atoms with van der Waals surface area (Å²) in [5, 5.41) is 5.10. The van der Waals surface area contributed by atoms with Gasteiger partial charge in [-0.2, -0.15) is 4.98 Å². The van der Waals surface area contributed by atoms with Crippen molar-refractivity contribution in [3.05, 3.63) is 73.2 Å². The predicted octanol–water partition coefficient (Wildman–Crippen LogP) is 4.63. The number of hydrogen-bond acceptors (Lipinski definition) is 6. The van der Waals surface area contributed by atoms with Gasteiger partial charge in [-0.05, 0) is 30.3 Å². The van der Waals surface area contributed by atoms with Crippen molar-refractivity contribution in [1.82, 2.24) is 19.5 Å². The van der Waals surface area contributed by atoms with Gasteiger partial charge in [-0.3, -0.25) is 0 Å². The van der Waals surface area contributed by atoms with E-state index in [1.54, 1.807) is 18.6 Å². The van der Waals surface area contributed by atoms with Gasteiger partial charge in [0.15, 0.2) is 0 Å². The second-order valence-corrected chi connectivity index (χ2v) is 6.70. The van der Waals surface area contributed by atoms with Crippen LogP contribution in [0.1, 0.15) is 0 Å². The van der Waals surface area contributed by atoms with E-state index in [1.807, 2.05) is 66.2 Å². The zero-order valence-corrected chi connectivity index (χ0v) is 15.7. The molecule has 0 atom stereocenters. The van der Waals surface area contributed by atoms with E-state index in [4.69, 9.17) is 10.5 Å². The van der Waals surface area contributed by atoms with Crippen LogP contribution in [0.4, 0.5) is 17.3 Å². The molecule has 5 rings (SSSR count). The fourth-order valence-corrected chi connectivity index (χ4v) is 3.29. The topological polar surface area (TPSA) is 90.9 Å². The van der Waals surface area contributed by atoms with Crippen molar-refractivity contribution in [1.29, 1.82) is 0 Å². The van der Waals surface area contributed by atoms with Crippen LogP contribution in [0.15, 0.2) is 73.2 Å². The van der Waals surface area contributed by atoms with E-state index >= 15 is 0 Å². The van der Waals surface area contributed by atoms with E-state index in [0.717, 1.165) is 27.5 Å². The Morgan fingerprint density at radius 3 is 2.72 bits per heavy atom. The zero-order chi connectivity index (χ0) is 19.8. The van der Waals surface area contributed by atoms with Gasteiger partial charge in [0.05, 0.1) is 17.4 Å². The molecule has 2 aromatic heterocycles. The van der Waals surface area contributed by atoms with Crippen LogP contribution in [-0.2, 0) is 7.05 Å². The predicted molar refractivity (Wildman–Crippen MR) is 114 cm³/mol. The largest absolute Gasteiger partial charge is 0.438 e. The van der Waals surface area contributed by atoms with Gasteiger partial charge in [0.25, 0.3) is 0 Å². The van der Waals surface area contributed by atoms with Crippen molar-refractivity contribution in [2.45, 2.75) is 0 Å². The number of benzene rings is 3. The summed E-state index contributed by atoms with van der Waals surface area (Å²) in [6, 6.07) is 19.2. The van der Waals surface area contributed by atoms with Crippen molar-refractivity contribution >= 4 is 39.1 Å². The van der Waals surface area contributed by atoms with E-state index in [1.165, 1.54) is 0 Å². The number of aryl methyl sites for hydroxylation is 1. The first-order valence-corrected chi connectivity index (χ1v) is 9.13. The summed E-state index contributed by atoms with van der Waals surface area (Å²) in [7, 11) is 1.96. The standard InChI is InChI=1S/C22H18N6O/c1-28-13-25-18-8-6-14(12-19(18)28)26-22-24-11-10-21(27-22)29-20-9-7-17(23)15-4-2-3-5-16(15)20/h2-13H,23H2,1H3,(H,24,26,27).